The van der Waals surface area contributed by atoms with E-state index in [9.17, 15) is 4.79 Å². The fourth-order valence-corrected chi connectivity index (χ4v) is 5.87. The second-order valence-corrected chi connectivity index (χ2v) is 7.83. The van der Waals surface area contributed by atoms with Gasteiger partial charge in [-0.25, -0.2) is 0 Å². The van der Waals surface area contributed by atoms with Gasteiger partial charge in [0.25, 0.3) is 0 Å². The Morgan fingerprint density at radius 3 is 2.62 bits per heavy atom. The van der Waals surface area contributed by atoms with Gasteiger partial charge in [-0.05, 0) is 67.4 Å². The minimum atomic E-state index is -0.108. The van der Waals surface area contributed by atoms with Crippen LogP contribution in [0.5, 0.6) is 0 Å². The van der Waals surface area contributed by atoms with Gasteiger partial charge in [-0.2, -0.15) is 0 Å². The number of fused-ring (bicyclic) bond motifs is 5. The average molecular weight is 328 g/mol. The molecule has 2 fully saturated rings. The van der Waals surface area contributed by atoms with Gasteiger partial charge in [-0.3, -0.25) is 4.79 Å². The molecule has 24 heavy (non-hydrogen) atoms. The average Bonchev–Trinajstić information content (AvgIpc) is 2.92. The van der Waals surface area contributed by atoms with E-state index in [-0.39, 0.29) is 17.5 Å². The molecule has 0 N–H and O–H groups in total. The number of aryl methyl sites for hydroxylation is 1. The van der Waals surface area contributed by atoms with Gasteiger partial charge in [0.15, 0.2) is 0 Å². The minimum absolute atomic E-state index is 0.108. The Hall–Kier alpha value is -1.31. The third kappa shape index (κ3) is 2.78. The van der Waals surface area contributed by atoms with Crippen LogP contribution in [0, 0.1) is 17.3 Å². The highest BCUT2D eigenvalue weighted by Crippen LogP contribution is 2.61. The second kappa shape index (κ2) is 6.90. The van der Waals surface area contributed by atoms with E-state index in [1.54, 1.807) is 18.1 Å². The highest BCUT2D eigenvalue weighted by atomic mass is 16.5. The molecule has 0 radical (unpaired) electrons. The number of hydrogen-bond acceptors (Lipinski definition) is 2. The summed E-state index contributed by atoms with van der Waals surface area (Å²) >= 11 is 0. The summed E-state index contributed by atoms with van der Waals surface area (Å²) in [6.45, 7) is 7.94. The molecule has 3 aliphatic rings. The number of rotatable bonds is 1. The van der Waals surface area contributed by atoms with E-state index in [1.807, 2.05) is 13.8 Å². The lowest BCUT2D eigenvalue weighted by Gasteiger charge is -2.50. The van der Waals surface area contributed by atoms with Crippen molar-refractivity contribution in [2.75, 3.05) is 0 Å². The first kappa shape index (κ1) is 17.5. The monoisotopic (exact) mass is 328 g/mol. The van der Waals surface area contributed by atoms with Gasteiger partial charge in [-0.1, -0.05) is 45.0 Å². The first-order valence-corrected chi connectivity index (χ1v) is 9.84. The molecule has 1 aromatic carbocycles. The lowest BCUT2D eigenvalue weighted by atomic mass is 9.55. The molecule has 0 spiro atoms. The van der Waals surface area contributed by atoms with Crippen LogP contribution in [-0.2, 0) is 16.0 Å². The Bertz CT molecular complexity index is 593. The number of hydrogen-bond donors (Lipinski definition) is 0. The molecule has 3 aliphatic carbocycles. The zero-order chi connectivity index (χ0) is 17.3. The van der Waals surface area contributed by atoms with Crippen molar-refractivity contribution < 1.29 is 9.53 Å². The van der Waals surface area contributed by atoms with Gasteiger partial charge in [0.1, 0.15) is 6.10 Å². The molecule has 1 aromatic rings. The van der Waals surface area contributed by atoms with E-state index in [2.05, 4.69) is 31.2 Å². The summed E-state index contributed by atoms with van der Waals surface area (Å²) in [6, 6.07) is 9.05. The Morgan fingerprint density at radius 2 is 1.88 bits per heavy atom. The van der Waals surface area contributed by atoms with Crippen LogP contribution in [0.1, 0.15) is 76.8 Å². The predicted molar refractivity (Wildman–Crippen MR) is 98.0 cm³/mol. The summed E-state index contributed by atoms with van der Waals surface area (Å²) < 4.78 is 5.69. The molecule has 5 atom stereocenters. The van der Waals surface area contributed by atoms with Crippen LogP contribution < -0.4 is 0 Å². The fourth-order valence-electron chi connectivity index (χ4n) is 5.87. The number of ether oxygens (including phenoxy) is 1. The summed E-state index contributed by atoms with van der Waals surface area (Å²) in [5, 5.41) is 0. The number of carbonyl (C=O) groups excluding carboxylic acids is 1. The Kier molecular flexibility index (Phi) is 5.03. The van der Waals surface area contributed by atoms with Crippen LogP contribution >= 0.6 is 0 Å². The number of benzene rings is 1. The van der Waals surface area contributed by atoms with Gasteiger partial charge < -0.3 is 4.74 Å². The summed E-state index contributed by atoms with van der Waals surface area (Å²) in [7, 11) is 0. The topological polar surface area (TPSA) is 26.3 Å². The molecule has 2 nitrogen and oxygen atoms in total. The molecule has 0 amide bonds. The molecule has 5 unspecified atom stereocenters. The quantitative estimate of drug-likeness (QED) is 0.636. The Balaban J connectivity index is 0.000000815. The first-order chi connectivity index (χ1) is 11.6. The normalized spacial score (nSPS) is 36.5. The van der Waals surface area contributed by atoms with Gasteiger partial charge in [0, 0.05) is 12.3 Å². The molecule has 2 heteroatoms. The smallest absolute Gasteiger partial charge is 0.302 e. The first-order valence-electron chi connectivity index (χ1n) is 9.84. The molecule has 0 aliphatic heterocycles. The summed E-state index contributed by atoms with van der Waals surface area (Å²) in [5.74, 6) is 2.14. The van der Waals surface area contributed by atoms with E-state index in [0.29, 0.717) is 0 Å². The van der Waals surface area contributed by atoms with Crippen LogP contribution in [0.4, 0.5) is 0 Å². The van der Waals surface area contributed by atoms with E-state index in [4.69, 9.17) is 4.74 Å². The summed E-state index contributed by atoms with van der Waals surface area (Å²) in [5.41, 5.74) is 3.39. The fraction of sp³-hybridized carbons (Fsp3) is 0.682. The Morgan fingerprint density at radius 1 is 1.12 bits per heavy atom. The molecular weight excluding hydrogens is 296 g/mol. The maximum absolute atomic E-state index is 11.4. The van der Waals surface area contributed by atoms with Crippen molar-refractivity contribution in [3.05, 3.63) is 35.4 Å². The highest BCUT2D eigenvalue weighted by Gasteiger charge is 2.55. The van der Waals surface area contributed by atoms with E-state index >= 15 is 0 Å². The summed E-state index contributed by atoms with van der Waals surface area (Å²) in [6.07, 6.45) is 7.44. The highest BCUT2D eigenvalue weighted by molar-refractivity contribution is 5.66. The Labute approximate surface area is 147 Å². The van der Waals surface area contributed by atoms with Crippen molar-refractivity contribution in [1.29, 1.82) is 0 Å². The molecule has 132 valence electrons. The van der Waals surface area contributed by atoms with Crippen molar-refractivity contribution in [3.63, 3.8) is 0 Å². The van der Waals surface area contributed by atoms with Crippen LogP contribution in [0.3, 0.4) is 0 Å². The van der Waals surface area contributed by atoms with Crippen LogP contribution in [0.2, 0.25) is 0 Å². The van der Waals surface area contributed by atoms with E-state index < -0.39 is 0 Å². The van der Waals surface area contributed by atoms with E-state index in [1.165, 1.54) is 32.1 Å². The van der Waals surface area contributed by atoms with Crippen molar-refractivity contribution in [2.45, 2.75) is 78.2 Å². The number of carbonyl (C=O) groups is 1. The summed E-state index contributed by atoms with van der Waals surface area (Å²) in [4.78, 5) is 11.4. The van der Waals surface area contributed by atoms with Crippen LogP contribution in [-0.4, -0.2) is 12.1 Å². The largest absolute Gasteiger partial charge is 0.462 e. The lowest BCUT2D eigenvalue weighted by molar-refractivity contribution is -0.154. The SMILES string of the molecule is CC.CC(=O)OC1CCC2C3CCc4ccccc4C3CCC12C. The predicted octanol–water partition coefficient (Wildman–Crippen LogP) is 5.50. The second-order valence-electron chi connectivity index (χ2n) is 7.83. The molecule has 2 saturated carbocycles. The van der Waals surface area contributed by atoms with Crippen LogP contribution in [0.25, 0.3) is 0 Å². The standard InChI is InChI=1S/C20H26O2.C2H6/c1-13(21)22-19-10-9-18-17-8-7-14-5-3-4-6-15(14)16(17)11-12-20(18,19)2;1-2/h3-6,16-19H,7-12H2,1-2H3;1-2H3. The molecule has 0 bridgehead atoms. The van der Waals surface area contributed by atoms with Gasteiger partial charge in [0.2, 0.25) is 0 Å². The molecule has 0 aromatic heterocycles. The van der Waals surface area contributed by atoms with Gasteiger partial charge in [-0.15, -0.1) is 0 Å². The zero-order valence-electron chi connectivity index (χ0n) is 15.7. The van der Waals surface area contributed by atoms with E-state index in [0.717, 1.165) is 24.2 Å². The number of esters is 1. The third-order valence-corrected chi connectivity index (χ3v) is 6.86. The van der Waals surface area contributed by atoms with Gasteiger partial charge in [0.05, 0.1) is 0 Å². The van der Waals surface area contributed by atoms with Crippen molar-refractivity contribution >= 4 is 5.97 Å². The zero-order valence-corrected chi connectivity index (χ0v) is 15.7. The van der Waals surface area contributed by atoms with Crippen molar-refractivity contribution in [1.82, 2.24) is 0 Å². The molecule has 0 saturated heterocycles. The van der Waals surface area contributed by atoms with Gasteiger partial charge >= 0.3 is 5.97 Å². The maximum atomic E-state index is 11.4. The molecule has 0 heterocycles. The van der Waals surface area contributed by atoms with Crippen molar-refractivity contribution in [2.24, 2.45) is 17.3 Å². The third-order valence-electron chi connectivity index (χ3n) is 6.86. The lowest BCUT2D eigenvalue weighted by Crippen LogP contribution is -2.45. The van der Waals surface area contributed by atoms with Crippen molar-refractivity contribution in [3.8, 4) is 0 Å². The maximum Gasteiger partial charge on any atom is 0.302 e. The molecule has 4 rings (SSSR count). The minimum Gasteiger partial charge on any atom is -0.462 e. The molecular formula is C22H32O2. The van der Waals surface area contributed by atoms with Crippen LogP contribution in [0.15, 0.2) is 24.3 Å².